The number of hydrogen-bond donors (Lipinski definition) is 2. The first kappa shape index (κ1) is 19.2. The van der Waals surface area contributed by atoms with Crippen molar-refractivity contribution in [1.82, 2.24) is 0 Å². The van der Waals surface area contributed by atoms with Crippen molar-refractivity contribution < 1.29 is 17.9 Å². The van der Waals surface area contributed by atoms with Crippen LogP contribution < -0.4 is 14.8 Å². The number of benzene rings is 2. The van der Waals surface area contributed by atoms with E-state index in [1.807, 2.05) is 0 Å². The molecule has 0 aliphatic carbocycles. The monoisotopic (exact) mass is 422 g/mol. The third kappa shape index (κ3) is 4.60. The van der Waals surface area contributed by atoms with Crippen LogP contribution >= 0.6 is 22.9 Å². The maximum atomic E-state index is 12.6. The van der Waals surface area contributed by atoms with Crippen molar-refractivity contribution in [3.05, 3.63) is 70.6 Å². The molecule has 0 aliphatic heterocycles. The SMILES string of the molecule is COc1ccc(NC(=O)c2ccccc2NS(=O)(=O)c2ccc(Cl)s2)cc1. The van der Waals surface area contributed by atoms with E-state index in [9.17, 15) is 13.2 Å². The van der Waals surface area contributed by atoms with Gasteiger partial charge >= 0.3 is 0 Å². The molecular formula is C18H15ClN2O4S2. The Kier molecular flexibility index (Phi) is 5.69. The van der Waals surface area contributed by atoms with Gasteiger partial charge in [0.2, 0.25) is 0 Å². The fourth-order valence-corrected chi connectivity index (χ4v) is 4.84. The van der Waals surface area contributed by atoms with Gasteiger partial charge in [-0.05, 0) is 48.5 Å². The lowest BCUT2D eigenvalue weighted by molar-refractivity contribution is 0.102. The van der Waals surface area contributed by atoms with Gasteiger partial charge in [0.25, 0.3) is 15.9 Å². The molecule has 0 spiro atoms. The van der Waals surface area contributed by atoms with Crippen molar-refractivity contribution >= 4 is 50.2 Å². The van der Waals surface area contributed by atoms with Crippen LogP contribution in [0.3, 0.4) is 0 Å². The predicted octanol–water partition coefficient (Wildman–Crippen LogP) is 4.46. The summed E-state index contributed by atoms with van der Waals surface area (Å²) in [6, 6.07) is 16.1. The minimum Gasteiger partial charge on any atom is -0.497 e. The number of hydrogen-bond acceptors (Lipinski definition) is 5. The highest BCUT2D eigenvalue weighted by molar-refractivity contribution is 7.94. The zero-order valence-electron chi connectivity index (χ0n) is 14.1. The summed E-state index contributed by atoms with van der Waals surface area (Å²) in [5, 5.41) is 2.73. The highest BCUT2D eigenvalue weighted by Crippen LogP contribution is 2.28. The van der Waals surface area contributed by atoms with Crippen molar-refractivity contribution in [2.45, 2.75) is 4.21 Å². The van der Waals surface area contributed by atoms with E-state index < -0.39 is 15.9 Å². The molecule has 0 radical (unpaired) electrons. The molecule has 140 valence electrons. The van der Waals surface area contributed by atoms with Crippen molar-refractivity contribution in [2.24, 2.45) is 0 Å². The van der Waals surface area contributed by atoms with Crippen LogP contribution in [0.5, 0.6) is 5.75 Å². The smallest absolute Gasteiger partial charge is 0.271 e. The van der Waals surface area contributed by atoms with Crippen LogP contribution in [0, 0.1) is 0 Å². The number of halogens is 1. The minimum atomic E-state index is -3.84. The number of nitrogens with one attached hydrogen (secondary N) is 2. The van der Waals surface area contributed by atoms with E-state index in [-0.39, 0.29) is 15.5 Å². The van der Waals surface area contributed by atoms with Gasteiger partial charge in [-0.3, -0.25) is 9.52 Å². The number of methoxy groups -OCH3 is 1. The third-order valence-corrected chi connectivity index (χ3v) is 6.67. The van der Waals surface area contributed by atoms with Crippen molar-refractivity contribution in [3.63, 3.8) is 0 Å². The molecule has 2 N–H and O–H groups in total. The van der Waals surface area contributed by atoms with Gasteiger partial charge in [0.05, 0.1) is 22.7 Å². The van der Waals surface area contributed by atoms with Gasteiger partial charge in [0.1, 0.15) is 9.96 Å². The second-order valence-corrected chi connectivity index (χ2v) is 9.02. The number of para-hydroxylation sites is 1. The molecule has 0 fully saturated rings. The number of carbonyl (C=O) groups is 1. The van der Waals surface area contributed by atoms with Gasteiger partial charge in [-0.25, -0.2) is 8.42 Å². The topological polar surface area (TPSA) is 84.5 Å². The Bertz CT molecular complexity index is 1060. The lowest BCUT2D eigenvalue weighted by Crippen LogP contribution is -2.18. The molecule has 0 unspecified atom stereocenters. The molecule has 0 saturated heterocycles. The van der Waals surface area contributed by atoms with Crippen LogP contribution in [0.2, 0.25) is 4.34 Å². The second-order valence-electron chi connectivity index (χ2n) is 5.39. The summed E-state index contributed by atoms with van der Waals surface area (Å²) in [4.78, 5) is 12.6. The molecule has 0 bridgehead atoms. The first-order valence-electron chi connectivity index (χ1n) is 7.71. The van der Waals surface area contributed by atoms with Crippen molar-refractivity contribution in [1.29, 1.82) is 0 Å². The average Bonchev–Trinajstić information content (AvgIpc) is 3.10. The van der Waals surface area contributed by atoms with E-state index in [1.54, 1.807) is 43.5 Å². The Labute approximate surface area is 165 Å². The Hall–Kier alpha value is -2.55. The van der Waals surface area contributed by atoms with Crippen LogP contribution in [0.25, 0.3) is 0 Å². The van der Waals surface area contributed by atoms with Gasteiger partial charge in [-0.1, -0.05) is 23.7 Å². The molecule has 27 heavy (non-hydrogen) atoms. The quantitative estimate of drug-likeness (QED) is 0.614. The lowest BCUT2D eigenvalue weighted by Gasteiger charge is -2.12. The van der Waals surface area contributed by atoms with E-state index in [1.165, 1.54) is 24.3 Å². The standard InChI is InChI=1S/C18H15ClN2O4S2/c1-25-13-8-6-12(7-9-13)20-18(22)14-4-2-3-5-15(14)21-27(23,24)17-11-10-16(19)26-17/h2-11,21H,1H3,(H,20,22). The molecular weight excluding hydrogens is 408 g/mol. The Morgan fingerprint density at radius 1 is 1.04 bits per heavy atom. The maximum Gasteiger partial charge on any atom is 0.271 e. The molecule has 0 atom stereocenters. The van der Waals surface area contributed by atoms with E-state index in [4.69, 9.17) is 16.3 Å². The zero-order valence-corrected chi connectivity index (χ0v) is 16.5. The molecule has 1 amide bonds. The number of sulfonamides is 1. The van der Waals surface area contributed by atoms with Gasteiger partial charge in [0, 0.05) is 5.69 Å². The number of ether oxygens (including phenoxy) is 1. The third-order valence-electron chi connectivity index (χ3n) is 3.58. The van der Waals surface area contributed by atoms with Gasteiger partial charge < -0.3 is 10.1 Å². The number of thiophene rings is 1. The number of carbonyl (C=O) groups excluding carboxylic acids is 1. The molecule has 1 aromatic heterocycles. The minimum absolute atomic E-state index is 0.0675. The van der Waals surface area contributed by atoms with Crippen molar-refractivity contribution in [3.8, 4) is 5.75 Å². The Balaban J connectivity index is 1.83. The number of anilines is 2. The summed E-state index contributed by atoms with van der Waals surface area (Å²) in [7, 11) is -2.29. The average molecular weight is 423 g/mol. The van der Waals surface area contributed by atoms with Crippen LogP contribution in [0.4, 0.5) is 11.4 Å². The first-order valence-corrected chi connectivity index (χ1v) is 10.4. The highest BCUT2D eigenvalue weighted by atomic mass is 35.5. The molecule has 2 aromatic carbocycles. The van der Waals surface area contributed by atoms with E-state index in [2.05, 4.69) is 10.0 Å². The molecule has 3 rings (SSSR count). The summed E-state index contributed by atoms with van der Waals surface area (Å²) in [5.41, 5.74) is 0.927. The molecule has 6 nitrogen and oxygen atoms in total. The second kappa shape index (κ2) is 7.99. The summed E-state index contributed by atoms with van der Waals surface area (Å²) in [6.45, 7) is 0. The van der Waals surface area contributed by atoms with Crippen LogP contribution in [0.1, 0.15) is 10.4 Å². The van der Waals surface area contributed by atoms with Crippen molar-refractivity contribution in [2.75, 3.05) is 17.1 Å². The first-order chi connectivity index (χ1) is 12.9. The highest BCUT2D eigenvalue weighted by Gasteiger charge is 2.20. The maximum absolute atomic E-state index is 12.6. The van der Waals surface area contributed by atoms with Gasteiger partial charge in [0.15, 0.2) is 0 Å². The van der Waals surface area contributed by atoms with Crippen LogP contribution in [0.15, 0.2) is 64.9 Å². The predicted molar refractivity (Wildman–Crippen MR) is 108 cm³/mol. The lowest BCUT2D eigenvalue weighted by atomic mass is 10.1. The van der Waals surface area contributed by atoms with E-state index in [0.29, 0.717) is 15.8 Å². The largest absolute Gasteiger partial charge is 0.497 e. The Morgan fingerprint density at radius 3 is 2.37 bits per heavy atom. The normalized spacial score (nSPS) is 11.0. The molecule has 1 heterocycles. The van der Waals surface area contributed by atoms with Gasteiger partial charge in [-0.15, -0.1) is 11.3 Å². The number of amides is 1. The van der Waals surface area contributed by atoms with E-state index in [0.717, 1.165) is 11.3 Å². The zero-order chi connectivity index (χ0) is 19.4. The van der Waals surface area contributed by atoms with E-state index >= 15 is 0 Å². The fourth-order valence-electron chi connectivity index (χ4n) is 2.28. The summed E-state index contributed by atoms with van der Waals surface area (Å²) in [5.74, 6) is 0.221. The fraction of sp³-hybridized carbons (Fsp3) is 0.0556. The summed E-state index contributed by atoms with van der Waals surface area (Å²) >= 11 is 6.75. The molecule has 9 heteroatoms. The molecule has 3 aromatic rings. The molecule has 0 aliphatic rings. The summed E-state index contributed by atoms with van der Waals surface area (Å²) in [6.07, 6.45) is 0. The summed E-state index contributed by atoms with van der Waals surface area (Å²) < 4.78 is 33.0. The Morgan fingerprint density at radius 2 is 1.74 bits per heavy atom. The van der Waals surface area contributed by atoms with Crippen LogP contribution in [-0.2, 0) is 10.0 Å². The van der Waals surface area contributed by atoms with Gasteiger partial charge in [-0.2, -0.15) is 0 Å². The number of rotatable bonds is 6. The molecule has 0 saturated carbocycles. The van der Waals surface area contributed by atoms with Crippen LogP contribution in [-0.4, -0.2) is 21.4 Å².